The van der Waals surface area contributed by atoms with Crippen molar-refractivity contribution in [1.29, 1.82) is 0 Å². The summed E-state index contributed by atoms with van der Waals surface area (Å²) in [5.41, 5.74) is 0. The van der Waals surface area contributed by atoms with Crippen LogP contribution in [-0.4, -0.2) is 18.5 Å². The predicted molar refractivity (Wildman–Crippen MR) is 39.5 cm³/mol. The molecule has 0 bridgehead atoms. The number of ether oxygens (including phenoxy) is 1. The van der Waals surface area contributed by atoms with Gasteiger partial charge in [-0.15, -0.1) is 0 Å². The number of rotatable bonds is 4. The summed E-state index contributed by atoms with van der Waals surface area (Å²) >= 11 is 3.50. The molecular formula is C6H13BrO. The fraction of sp³-hybridized carbons (Fsp3) is 1.00. The molecule has 0 N–H and O–H groups in total. The van der Waals surface area contributed by atoms with Gasteiger partial charge in [0.2, 0.25) is 0 Å². The lowest BCUT2D eigenvalue weighted by Crippen LogP contribution is -1.99. The number of alkyl halides is 1. The van der Waals surface area contributed by atoms with Crippen LogP contribution in [0.3, 0.4) is 0 Å². The Hall–Kier alpha value is 0.440. The molecule has 0 aliphatic carbocycles. The molecule has 0 radical (unpaired) electrons. The van der Waals surface area contributed by atoms with E-state index >= 15 is 0 Å². The number of halogens is 1. The lowest BCUT2D eigenvalue weighted by atomic mass is 10.3. The average Bonchev–Trinajstić information content (AvgIpc) is 1.83. The molecule has 50 valence electrons. The zero-order valence-corrected chi connectivity index (χ0v) is 7.07. The maximum atomic E-state index is 4.88. The summed E-state index contributed by atoms with van der Waals surface area (Å²) in [6, 6.07) is 0. The summed E-state index contributed by atoms with van der Waals surface area (Å²) in [5.74, 6) is 0. The summed E-state index contributed by atoms with van der Waals surface area (Å²) in [6.07, 6.45) is 2.30. The van der Waals surface area contributed by atoms with Crippen molar-refractivity contribution in [2.45, 2.75) is 24.6 Å². The zero-order chi connectivity index (χ0) is 6.41. The first kappa shape index (κ1) is 8.44. The van der Waals surface area contributed by atoms with Gasteiger partial charge in [-0.2, -0.15) is 0 Å². The Morgan fingerprint density at radius 2 is 2.25 bits per heavy atom. The van der Waals surface area contributed by atoms with Crippen LogP contribution in [0.25, 0.3) is 0 Å². The summed E-state index contributed by atoms with van der Waals surface area (Å²) in [4.78, 5) is 0.641. The summed E-state index contributed by atoms with van der Waals surface area (Å²) in [5, 5.41) is 0. The lowest BCUT2D eigenvalue weighted by molar-refractivity contribution is 0.194. The predicted octanol–water partition coefficient (Wildman–Crippen LogP) is 2.20. The van der Waals surface area contributed by atoms with E-state index in [2.05, 4.69) is 22.9 Å². The zero-order valence-electron chi connectivity index (χ0n) is 5.48. The highest BCUT2D eigenvalue weighted by Gasteiger charge is 1.97. The second kappa shape index (κ2) is 5.57. The molecule has 0 heterocycles. The minimum atomic E-state index is 0.641. The quantitative estimate of drug-likeness (QED) is 0.604. The SMILES string of the molecule is CCC(Br)CCOC. The highest BCUT2D eigenvalue weighted by molar-refractivity contribution is 9.09. The van der Waals surface area contributed by atoms with Crippen LogP contribution in [-0.2, 0) is 4.74 Å². The second-order valence-electron chi connectivity index (χ2n) is 1.79. The van der Waals surface area contributed by atoms with E-state index in [-0.39, 0.29) is 0 Å². The maximum Gasteiger partial charge on any atom is 0.0472 e. The number of hydrogen-bond acceptors (Lipinski definition) is 1. The molecule has 1 unspecified atom stereocenters. The third-order valence-corrected chi connectivity index (χ3v) is 2.18. The first-order valence-corrected chi connectivity index (χ1v) is 3.85. The number of methoxy groups -OCH3 is 1. The van der Waals surface area contributed by atoms with E-state index in [1.807, 2.05) is 0 Å². The third-order valence-electron chi connectivity index (χ3n) is 1.08. The Balaban J connectivity index is 2.86. The van der Waals surface area contributed by atoms with Crippen molar-refractivity contribution in [3.63, 3.8) is 0 Å². The van der Waals surface area contributed by atoms with Crippen molar-refractivity contribution >= 4 is 15.9 Å². The van der Waals surface area contributed by atoms with Crippen LogP contribution >= 0.6 is 15.9 Å². The fourth-order valence-electron chi connectivity index (χ4n) is 0.450. The van der Waals surface area contributed by atoms with Crippen molar-refractivity contribution in [2.24, 2.45) is 0 Å². The third kappa shape index (κ3) is 4.60. The maximum absolute atomic E-state index is 4.88. The smallest absolute Gasteiger partial charge is 0.0472 e. The molecule has 0 amide bonds. The second-order valence-corrected chi connectivity index (χ2v) is 3.08. The van der Waals surface area contributed by atoms with E-state index in [0.29, 0.717) is 4.83 Å². The van der Waals surface area contributed by atoms with Gasteiger partial charge in [-0.05, 0) is 12.8 Å². The van der Waals surface area contributed by atoms with Crippen LogP contribution in [0.2, 0.25) is 0 Å². The van der Waals surface area contributed by atoms with Crippen molar-refractivity contribution < 1.29 is 4.74 Å². The van der Waals surface area contributed by atoms with E-state index in [4.69, 9.17) is 4.74 Å². The van der Waals surface area contributed by atoms with E-state index < -0.39 is 0 Å². The first-order chi connectivity index (χ1) is 3.81. The molecule has 0 aromatic carbocycles. The topological polar surface area (TPSA) is 9.23 Å². The van der Waals surface area contributed by atoms with Crippen LogP contribution in [0, 0.1) is 0 Å². The molecule has 0 saturated carbocycles. The van der Waals surface area contributed by atoms with E-state index in [1.54, 1.807) is 7.11 Å². The van der Waals surface area contributed by atoms with Crippen LogP contribution in [0.5, 0.6) is 0 Å². The molecule has 2 heteroatoms. The highest BCUT2D eigenvalue weighted by atomic mass is 79.9. The van der Waals surface area contributed by atoms with Gasteiger partial charge < -0.3 is 4.74 Å². The molecule has 1 nitrogen and oxygen atoms in total. The van der Waals surface area contributed by atoms with Gasteiger partial charge >= 0.3 is 0 Å². The van der Waals surface area contributed by atoms with Gasteiger partial charge in [0.05, 0.1) is 0 Å². The van der Waals surface area contributed by atoms with Gasteiger partial charge in [-0.3, -0.25) is 0 Å². The summed E-state index contributed by atoms with van der Waals surface area (Å²) < 4.78 is 4.88. The molecule has 0 fully saturated rings. The molecule has 8 heavy (non-hydrogen) atoms. The van der Waals surface area contributed by atoms with Crippen molar-refractivity contribution in [3.05, 3.63) is 0 Å². The average molecular weight is 181 g/mol. The summed E-state index contributed by atoms with van der Waals surface area (Å²) in [7, 11) is 1.73. The highest BCUT2D eigenvalue weighted by Crippen LogP contribution is 2.07. The molecule has 0 aliphatic heterocycles. The first-order valence-electron chi connectivity index (χ1n) is 2.94. The number of hydrogen-bond donors (Lipinski definition) is 0. The standard InChI is InChI=1S/C6H13BrO/c1-3-6(7)4-5-8-2/h6H,3-5H2,1-2H3. The Bertz CT molecular complexity index is 47.8. The minimum absolute atomic E-state index is 0.641. The van der Waals surface area contributed by atoms with E-state index in [9.17, 15) is 0 Å². The Morgan fingerprint density at radius 3 is 2.62 bits per heavy atom. The Labute approximate surface area is 59.5 Å². The van der Waals surface area contributed by atoms with E-state index in [0.717, 1.165) is 13.0 Å². The van der Waals surface area contributed by atoms with Gasteiger partial charge in [0.15, 0.2) is 0 Å². The molecule has 0 aromatic heterocycles. The van der Waals surface area contributed by atoms with Crippen molar-refractivity contribution in [1.82, 2.24) is 0 Å². The molecule has 0 aliphatic rings. The van der Waals surface area contributed by atoms with Crippen LogP contribution in [0.15, 0.2) is 0 Å². The fourth-order valence-corrected chi connectivity index (χ4v) is 0.637. The molecule has 0 saturated heterocycles. The lowest BCUT2D eigenvalue weighted by Gasteiger charge is -2.02. The van der Waals surface area contributed by atoms with Gasteiger partial charge in [-0.1, -0.05) is 22.9 Å². The monoisotopic (exact) mass is 180 g/mol. The van der Waals surface area contributed by atoms with Gasteiger partial charge in [-0.25, -0.2) is 0 Å². The Kier molecular flexibility index (Phi) is 5.88. The van der Waals surface area contributed by atoms with E-state index in [1.165, 1.54) is 6.42 Å². The van der Waals surface area contributed by atoms with Crippen LogP contribution < -0.4 is 0 Å². The van der Waals surface area contributed by atoms with Gasteiger partial charge in [0.1, 0.15) is 0 Å². The van der Waals surface area contributed by atoms with Gasteiger partial charge in [0.25, 0.3) is 0 Å². The summed E-state index contributed by atoms with van der Waals surface area (Å²) in [6.45, 7) is 3.03. The molecule has 0 rings (SSSR count). The van der Waals surface area contributed by atoms with Crippen molar-refractivity contribution in [3.8, 4) is 0 Å². The van der Waals surface area contributed by atoms with Gasteiger partial charge in [0, 0.05) is 18.5 Å². The van der Waals surface area contributed by atoms with Crippen LogP contribution in [0.1, 0.15) is 19.8 Å². The molecular weight excluding hydrogens is 168 g/mol. The Morgan fingerprint density at radius 1 is 1.62 bits per heavy atom. The normalized spacial score (nSPS) is 13.9. The molecule has 1 atom stereocenters. The minimum Gasteiger partial charge on any atom is -0.385 e. The van der Waals surface area contributed by atoms with Crippen molar-refractivity contribution in [2.75, 3.05) is 13.7 Å². The molecule has 0 aromatic rings. The molecule has 0 spiro atoms. The largest absolute Gasteiger partial charge is 0.385 e. The van der Waals surface area contributed by atoms with Crippen LogP contribution in [0.4, 0.5) is 0 Å².